The van der Waals surface area contributed by atoms with Crippen molar-refractivity contribution < 1.29 is 4.79 Å². The van der Waals surface area contributed by atoms with Crippen LogP contribution in [0.4, 0.5) is 11.4 Å². The molecule has 0 unspecified atom stereocenters. The Balaban J connectivity index is 1.84. The summed E-state index contributed by atoms with van der Waals surface area (Å²) in [6.45, 7) is 4.12. The van der Waals surface area contributed by atoms with Gasteiger partial charge in [0, 0.05) is 36.4 Å². The van der Waals surface area contributed by atoms with E-state index >= 15 is 0 Å². The van der Waals surface area contributed by atoms with Crippen LogP contribution < -0.4 is 10.2 Å². The van der Waals surface area contributed by atoms with Crippen molar-refractivity contribution in [1.82, 2.24) is 4.98 Å². The van der Waals surface area contributed by atoms with Gasteiger partial charge < -0.3 is 15.2 Å². The number of aryl methyl sites for hydroxylation is 2. The van der Waals surface area contributed by atoms with Crippen LogP contribution in [0.3, 0.4) is 0 Å². The summed E-state index contributed by atoms with van der Waals surface area (Å²) in [5.74, 6) is -0.129. The molecule has 0 radical (unpaired) electrons. The van der Waals surface area contributed by atoms with E-state index in [0.29, 0.717) is 5.69 Å². The number of nitrogens with zero attached hydrogens (tertiary/aromatic N) is 1. The summed E-state index contributed by atoms with van der Waals surface area (Å²) < 4.78 is 0. The fourth-order valence-corrected chi connectivity index (χ4v) is 2.76. The van der Waals surface area contributed by atoms with Gasteiger partial charge in [0.25, 0.3) is 5.91 Å². The Morgan fingerprint density at radius 3 is 2.39 bits per heavy atom. The molecule has 0 atom stereocenters. The number of nitrogens with one attached hydrogen (secondary N) is 2. The molecule has 0 spiro atoms. The maximum Gasteiger partial charge on any atom is 0.272 e. The number of anilines is 2. The second-order valence-corrected chi connectivity index (χ2v) is 6.12. The van der Waals surface area contributed by atoms with Crippen LogP contribution in [0.15, 0.2) is 42.5 Å². The standard InChI is InChI=1S/C19H21N3O/c1-12-9-13(2)16-11-18(21-17(16)10-12)19(23)20-14-5-7-15(8-6-14)22(3)4/h5-11,21H,1-4H3,(H,20,23). The Morgan fingerprint density at radius 1 is 1.04 bits per heavy atom. The Bertz CT molecular complexity index is 860. The van der Waals surface area contributed by atoms with Crippen LogP contribution in [0.5, 0.6) is 0 Å². The topological polar surface area (TPSA) is 48.1 Å². The largest absolute Gasteiger partial charge is 0.378 e. The zero-order chi connectivity index (χ0) is 16.6. The molecule has 0 bridgehead atoms. The van der Waals surface area contributed by atoms with Crippen molar-refractivity contribution in [2.45, 2.75) is 13.8 Å². The van der Waals surface area contributed by atoms with Crippen molar-refractivity contribution >= 4 is 28.2 Å². The highest BCUT2D eigenvalue weighted by molar-refractivity contribution is 6.06. The van der Waals surface area contributed by atoms with Gasteiger partial charge in [-0.05, 0) is 61.4 Å². The molecule has 1 heterocycles. The minimum atomic E-state index is -0.129. The van der Waals surface area contributed by atoms with Crippen molar-refractivity contribution in [3.05, 3.63) is 59.3 Å². The van der Waals surface area contributed by atoms with E-state index in [1.54, 1.807) is 0 Å². The number of benzene rings is 2. The average molecular weight is 307 g/mol. The molecule has 0 aliphatic carbocycles. The molecule has 0 aliphatic heterocycles. The van der Waals surface area contributed by atoms with Crippen LogP contribution in [0.25, 0.3) is 10.9 Å². The highest BCUT2D eigenvalue weighted by Crippen LogP contribution is 2.22. The molecule has 1 aromatic heterocycles. The molecular weight excluding hydrogens is 286 g/mol. The van der Waals surface area contributed by atoms with Crippen molar-refractivity contribution in [3.63, 3.8) is 0 Å². The molecule has 118 valence electrons. The van der Waals surface area contributed by atoms with Crippen LogP contribution in [0.2, 0.25) is 0 Å². The maximum absolute atomic E-state index is 12.4. The normalized spacial score (nSPS) is 10.8. The van der Waals surface area contributed by atoms with E-state index in [1.165, 1.54) is 11.1 Å². The Kier molecular flexibility index (Phi) is 3.82. The summed E-state index contributed by atoms with van der Waals surface area (Å²) in [7, 11) is 3.98. The SMILES string of the molecule is Cc1cc(C)c2cc(C(=O)Nc3ccc(N(C)C)cc3)[nH]c2c1. The van der Waals surface area contributed by atoms with Crippen molar-refractivity contribution in [2.24, 2.45) is 0 Å². The summed E-state index contributed by atoms with van der Waals surface area (Å²) in [5, 5.41) is 4.02. The van der Waals surface area contributed by atoms with Gasteiger partial charge in [0.1, 0.15) is 5.69 Å². The first-order valence-corrected chi connectivity index (χ1v) is 7.63. The Hall–Kier alpha value is -2.75. The number of carbonyl (C=O) groups excluding carboxylic acids is 1. The highest BCUT2D eigenvalue weighted by atomic mass is 16.1. The van der Waals surface area contributed by atoms with Crippen LogP contribution in [-0.4, -0.2) is 25.0 Å². The minimum absolute atomic E-state index is 0.129. The molecule has 0 aliphatic rings. The first kappa shape index (κ1) is 15.2. The Labute approximate surface area is 136 Å². The van der Waals surface area contributed by atoms with Crippen LogP contribution in [0.1, 0.15) is 21.6 Å². The molecular formula is C19H21N3O. The number of fused-ring (bicyclic) bond motifs is 1. The number of carbonyl (C=O) groups is 1. The number of amides is 1. The molecule has 4 heteroatoms. The molecule has 3 rings (SSSR count). The third-order valence-corrected chi connectivity index (χ3v) is 3.98. The lowest BCUT2D eigenvalue weighted by Crippen LogP contribution is -2.13. The molecule has 2 N–H and O–H groups in total. The van der Waals surface area contributed by atoms with Crippen molar-refractivity contribution in [3.8, 4) is 0 Å². The molecule has 0 saturated heterocycles. The van der Waals surface area contributed by atoms with E-state index in [2.05, 4.69) is 36.3 Å². The number of rotatable bonds is 3. The zero-order valence-electron chi connectivity index (χ0n) is 13.9. The number of hydrogen-bond acceptors (Lipinski definition) is 2. The lowest BCUT2D eigenvalue weighted by molar-refractivity contribution is 0.102. The quantitative estimate of drug-likeness (QED) is 0.765. The summed E-state index contributed by atoms with van der Waals surface area (Å²) >= 11 is 0. The van der Waals surface area contributed by atoms with Gasteiger partial charge in [-0.3, -0.25) is 4.79 Å². The highest BCUT2D eigenvalue weighted by Gasteiger charge is 2.11. The predicted molar refractivity (Wildman–Crippen MR) is 96.5 cm³/mol. The lowest BCUT2D eigenvalue weighted by Gasteiger charge is -2.12. The zero-order valence-corrected chi connectivity index (χ0v) is 13.9. The van der Waals surface area contributed by atoms with Crippen LogP contribution in [-0.2, 0) is 0 Å². The summed E-state index contributed by atoms with van der Waals surface area (Å²) in [6.07, 6.45) is 0. The monoisotopic (exact) mass is 307 g/mol. The van der Waals surface area contributed by atoms with Gasteiger partial charge in [-0.1, -0.05) is 6.07 Å². The first-order valence-electron chi connectivity index (χ1n) is 7.63. The third kappa shape index (κ3) is 3.06. The van der Waals surface area contributed by atoms with E-state index in [0.717, 1.165) is 22.3 Å². The summed E-state index contributed by atoms with van der Waals surface area (Å²) in [4.78, 5) is 17.7. The van der Waals surface area contributed by atoms with E-state index in [9.17, 15) is 4.79 Å². The maximum atomic E-state index is 12.4. The third-order valence-electron chi connectivity index (χ3n) is 3.98. The average Bonchev–Trinajstić information content (AvgIpc) is 2.92. The molecule has 23 heavy (non-hydrogen) atoms. The number of aromatic nitrogens is 1. The van der Waals surface area contributed by atoms with Gasteiger partial charge in [0.05, 0.1) is 0 Å². The second-order valence-electron chi connectivity index (χ2n) is 6.12. The smallest absolute Gasteiger partial charge is 0.272 e. The fraction of sp³-hybridized carbons (Fsp3) is 0.211. The number of aromatic amines is 1. The molecule has 2 aromatic carbocycles. The molecule has 3 aromatic rings. The second kappa shape index (κ2) is 5.80. The van der Waals surface area contributed by atoms with Gasteiger partial charge >= 0.3 is 0 Å². The van der Waals surface area contributed by atoms with Gasteiger partial charge in [-0.15, -0.1) is 0 Å². The molecule has 1 amide bonds. The van der Waals surface area contributed by atoms with E-state index in [-0.39, 0.29) is 5.91 Å². The number of H-pyrrole nitrogens is 1. The Morgan fingerprint density at radius 2 is 1.74 bits per heavy atom. The van der Waals surface area contributed by atoms with Crippen molar-refractivity contribution in [2.75, 3.05) is 24.3 Å². The predicted octanol–water partition coefficient (Wildman–Crippen LogP) is 4.10. The molecule has 4 nitrogen and oxygen atoms in total. The van der Waals surface area contributed by atoms with E-state index in [1.807, 2.05) is 49.3 Å². The van der Waals surface area contributed by atoms with Crippen molar-refractivity contribution in [1.29, 1.82) is 0 Å². The summed E-state index contributed by atoms with van der Waals surface area (Å²) in [5.41, 5.74) is 5.81. The van der Waals surface area contributed by atoms with E-state index < -0.39 is 0 Å². The fourth-order valence-electron chi connectivity index (χ4n) is 2.76. The molecule has 0 fully saturated rings. The van der Waals surface area contributed by atoms with Gasteiger partial charge in [0.2, 0.25) is 0 Å². The minimum Gasteiger partial charge on any atom is -0.378 e. The number of hydrogen-bond donors (Lipinski definition) is 2. The van der Waals surface area contributed by atoms with E-state index in [4.69, 9.17) is 0 Å². The summed E-state index contributed by atoms with van der Waals surface area (Å²) in [6, 6.07) is 13.9. The first-order chi connectivity index (χ1) is 10.9. The van der Waals surface area contributed by atoms with Gasteiger partial charge in [-0.25, -0.2) is 0 Å². The van der Waals surface area contributed by atoms with Crippen LogP contribution in [0, 0.1) is 13.8 Å². The lowest BCUT2D eigenvalue weighted by atomic mass is 10.1. The van der Waals surface area contributed by atoms with Gasteiger partial charge in [-0.2, -0.15) is 0 Å². The van der Waals surface area contributed by atoms with Crippen LogP contribution >= 0.6 is 0 Å². The molecule has 0 saturated carbocycles. The van der Waals surface area contributed by atoms with Gasteiger partial charge in [0.15, 0.2) is 0 Å².